The Hall–Kier alpha value is -0.810. The molecule has 1 unspecified atom stereocenters. The van der Waals surface area contributed by atoms with Gasteiger partial charge in [-0.25, -0.2) is 10.7 Å². The molecule has 1 atom stereocenters. The molecule has 0 aliphatic rings. The molecule has 1 amide bonds. The number of hydrogen-bond donors (Lipinski definition) is 2. The third-order valence-corrected chi connectivity index (χ3v) is 1.07. The van der Waals surface area contributed by atoms with Crippen LogP contribution in [0.15, 0.2) is 0 Å². The lowest BCUT2D eigenvalue weighted by Crippen LogP contribution is -2.37. The fourth-order valence-corrected chi connectivity index (χ4v) is 0.559. The van der Waals surface area contributed by atoms with Gasteiger partial charge in [0, 0.05) is 6.54 Å². The van der Waals surface area contributed by atoms with Gasteiger partial charge in [0.15, 0.2) is 0 Å². The van der Waals surface area contributed by atoms with Crippen LogP contribution in [0.5, 0.6) is 0 Å². The van der Waals surface area contributed by atoms with E-state index in [2.05, 4.69) is 17.1 Å². The summed E-state index contributed by atoms with van der Waals surface area (Å²) in [6, 6.07) is 0. The number of nitrogens with two attached hydrogens (primary N) is 1. The zero-order chi connectivity index (χ0) is 10.5. The van der Waals surface area contributed by atoms with Crippen molar-refractivity contribution in [3.8, 4) is 0 Å². The first-order chi connectivity index (χ1) is 5.85. The molecule has 5 heteroatoms. The fraction of sp³-hybridized carbons (Fsp3) is 0.750. The van der Waals surface area contributed by atoms with Crippen molar-refractivity contribution in [2.24, 2.45) is 5.90 Å². The molecule has 1 radical (unpaired) electrons. The molecule has 5 nitrogen and oxygen atoms in total. The molecule has 0 aliphatic heterocycles. The van der Waals surface area contributed by atoms with Crippen molar-refractivity contribution in [2.45, 2.75) is 32.5 Å². The van der Waals surface area contributed by atoms with Gasteiger partial charge in [0.25, 0.3) is 0 Å². The summed E-state index contributed by atoms with van der Waals surface area (Å²) in [6.07, 6.45) is -0.967. The van der Waals surface area contributed by atoms with Gasteiger partial charge in [-0.3, -0.25) is 4.84 Å². The first kappa shape index (κ1) is 12.2. The second-order valence-corrected chi connectivity index (χ2v) is 3.64. The van der Waals surface area contributed by atoms with Crippen LogP contribution in [-0.4, -0.2) is 24.3 Å². The van der Waals surface area contributed by atoms with Crippen LogP contribution in [-0.2, 0) is 9.57 Å². The Bertz CT molecular complexity index is 165. The number of carbonyl (C=O) groups excluding carboxylic acids is 1. The van der Waals surface area contributed by atoms with Gasteiger partial charge in [0.1, 0.15) is 5.60 Å². The van der Waals surface area contributed by atoms with Crippen LogP contribution >= 0.6 is 0 Å². The van der Waals surface area contributed by atoms with E-state index in [1.54, 1.807) is 20.8 Å². The maximum atomic E-state index is 11.0. The number of hydrogen-bond acceptors (Lipinski definition) is 4. The minimum atomic E-state index is -0.502. The maximum absolute atomic E-state index is 11.0. The number of ether oxygens (including phenoxy) is 1. The molecule has 0 heterocycles. The van der Waals surface area contributed by atoms with Crippen molar-refractivity contribution in [3.63, 3.8) is 0 Å². The Labute approximate surface area is 78.5 Å². The van der Waals surface area contributed by atoms with Crippen molar-refractivity contribution in [1.29, 1.82) is 0 Å². The van der Waals surface area contributed by atoms with Crippen LogP contribution in [0, 0.1) is 6.92 Å². The average molecular weight is 189 g/mol. The summed E-state index contributed by atoms with van der Waals surface area (Å²) in [7, 11) is 0. The smallest absolute Gasteiger partial charge is 0.407 e. The summed E-state index contributed by atoms with van der Waals surface area (Å²) in [5.74, 6) is 4.83. The highest BCUT2D eigenvalue weighted by Crippen LogP contribution is 2.06. The quantitative estimate of drug-likeness (QED) is 0.638. The fourth-order valence-electron chi connectivity index (χ4n) is 0.559. The second kappa shape index (κ2) is 5.04. The Kier molecular flexibility index (Phi) is 4.72. The summed E-state index contributed by atoms with van der Waals surface area (Å²) >= 11 is 0. The number of rotatable bonds is 3. The standard InChI is InChI=1S/C8H17N2O3/c1-6(13-9)5-10-7(11)12-8(2,3)4/h6H,1,5,9H2,2-4H3,(H,10,11). The third kappa shape index (κ3) is 7.55. The van der Waals surface area contributed by atoms with Gasteiger partial charge in [0.2, 0.25) is 0 Å². The Morgan fingerprint density at radius 2 is 2.15 bits per heavy atom. The first-order valence-electron chi connectivity index (χ1n) is 4.00. The molecule has 0 bridgehead atoms. The number of amides is 1. The Morgan fingerprint density at radius 1 is 1.62 bits per heavy atom. The van der Waals surface area contributed by atoms with E-state index in [-0.39, 0.29) is 6.54 Å². The zero-order valence-electron chi connectivity index (χ0n) is 8.29. The van der Waals surface area contributed by atoms with E-state index >= 15 is 0 Å². The minimum absolute atomic E-state index is 0.228. The van der Waals surface area contributed by atoms with Crippen molar-refractivity contribution < 1.29 is 14.4 Å². The normalized spacial score (nSPS) is 13.6. The molecule has 0 rings (SSSR count). The Morgan fingerprint density at radius 3 is 2.54 bits per heavy atom. The average Bonchev–Trinajstić information content (AvgIpc) is 1.97. The lowest BCUT2D eigenvalue weighted by Gasteiger charge is -2.20. The highest BCUT2D eigenvalue weighted by atomic mass is 16.6. The summed E-state index contributed by atoms with van der Waals surface area (Å²) in [5, 5.41) is 2.46. The van der Waals surface area contributed by atoms with Crippen LogP contribution in [0.25, 0.3) is 0 Å². The summed E-state index contributed by atoms with van der Waals surface area (Å²) < 4.78 is 4.96. The molecular weight excluding hydrogens is 172 g/mol. The topological polar surface area (TPSA) is 73.6 Å². The van der Waals surface area contributed by atoms with Crippen molar-refractivity contribution in [2.75, 3.05) is 6.54 Å². The van der Waals surface area contributed by atoms with Crippen LogP contribution in [0.1, 0.15) is 20.8 Å². The van der Waals surface area contributed by atoms with E-state index in [4.69, 9.17) is 10.6 Å². The van der Waals surface area contributed by atoms with Crippen LogP contribution < -0.4 is 11.2 Å². The first-order valence-corrected chi connectivity index (χ1v) is 4.00. The molecule has 0 aromatic heterocycles. The van der Waals surface area contributed by atoms with Crippen LogP contribution in [0.3, 0.4) is 0 Å². The molecule has 0 saturated heterocycles. The van der Waals surface area contributed by atoms with Gasteiger partial charge in [-0.2, -0.15) is 0 Å². The lowest BCUT2D eigenvalue weighted by molar-refractivity contribution is 0.0443. The lowest BCUT2D eigenvalue weighted by atomic mass is 10.2. The SMILES string of the molecule is [CH2]C(CNC(=O)OC(C)(C)C)ON. The van der Waals surface area contributed by atoms with E-state index in [0.29, 0.717) is 0 Å². The third-order valence-electron chi connectivity index (χ3n) is 1.07. The van der Waals surface area contributed by atoms with Crippen molar-refractivity contribution >= 4 is 6.09 Å². The van der Waals surface area contributed by atoms with E-state index < -0.39 is 17.8 Å². The highest BCUT2D eigenvalue weighted by Gasteiger charge is 2.16. The van der Waals surface area contributed by atoms with Crippen LogP contribution in [0.2, 0.25) is 0 Å². The summed E-state index contributed by atoms with van der Waals surface area (Å²) in [4.78, 5) is 15.4. The molecule has 0 aliphatic carbocycles. The number of carbonyl (C=O) groups is 1. The van der Waals surface area contributed by atoms with Crippen molar-refractivity contribution in [1.82, 2.24) is 5.32 Å². The van der Waals surface area contributed by atoms with E-state index in [9.17, 15) is 4.79 Å². The molecule has 0 saturated carbocycles. The molecule has 13 heavy (non-hydrogen) atoms. The summed E-state index contributed by atoms with van der Waals surface area (Å²) in [6.45, 7) is 9.09. The molecule has 3 N–H and O–H groups in total. The number of alkyl carbamates (subject to hydrolysis) is 1. The number of nitrogens with one attached hydrogen (secondary N) is 1. The molecule has 77 valence electrons. The van der Waals surface area contributed by atoms with E-state index in [0.717, 1.165) is 0 Å². The van der Waals surface area contributed by atoms with Gasteiger partial charge < -0.3 is 10.1 Å². The van der Waals surface area contributed by atoms with Crippen LogP contribution in [0.4, 0.5) is 4.79 Å². The van der Waals surface area contributed by atoms with Gasteiger partial charge in [-0.1, -0.05) is 0 Å². The Balaban J connectivity index is 3.64. The van der Waals surface area contributed by atoms with Crippen molar-refractivity contribution in [3.05, 3.63) is 6.92 Å². The highest BCUT2D eigenvalue weighted by molar-refractivity contribution is 5.67. The molecule has 0 spiro atoms. The predicted octanol–water partition coefficient (Wildman–Crippen LogP) is 0.604. The van der Waals surface area contributed by atoms with Gasteiger partial charge in [-0.05, 0) is 27.7 Å². The molecule has 0 aromatic rings. The van der Waals surface area contributed by atoms with Gasteiger partial charge in [0.05, 0.1) is 6.10 Å². The zero-order valence-corrected chi connectivity index (χ0v) is 8.29. The molecule has 0 fully saturated rings. The largest absolute Gasteiger partial charge is 0.444 e. The van der Waals surface area contributed by atoms with E-state index in [1.165, 1.54) is 0 Å². The predicted molar refractivity (Wildman–Crippen MR) is 48.7 cm³/mol. The maximum Gasteiger partial charge on any atom is 0.407 e. The minimum Gasteiger partial charge on any atom is -0.444 e. The molecular formula is C8H17N2O3. The van der Waals surface area contributed by atoms with Gasteiger partial charge in [-0.15, -0.1) is 0 Å². The monoisotopic (exact) mass is 189 g/mol. The second-order valence-electron chi connectivity index (χ2n) is 3.64. The van der Waals surface area contributed by atoms with Gasteiger partial charge >= 0.3 is 6.09 Å². The molecule has 0 aromatic carbocycles. The summed E-state index contributed by atoms with van der Waals surface area (Å²) in [5.41, 5.74) is -0.496. The van der Waals surface area contributed by atoms with E-state index in [1.807, 2.05) is 0 Å².